The summed E-state index contributed by atoms with van der Waals surface area (Å²) in [5.74, 6) is -3.95. The molecule has 5 aliphatic rings. The van der Waals surface area contributed by atoms with E-state index in [1.165, 1.54) is 17.0 Å². The number of thiophene rings is 1. The van der Waals surface area contributed by atoms with Crippen molar-refractivity contribution in [3.8, 4) is 23.2 Å². The van der Waals surface area contributed by atoms with Gasteiger partial charge in [-0.15, -0.1) is 11.3 Å². The number of nitrogens with zero attached hydrogens (tertiary/aromatic N) is 7. The SMILES string of the molecule is N#Cc1c(N)sc2c(F)ccc(-c3c(Cl)cc4c(N5CCCCC6(CN(C(=O)N7CCC(F)(F)C7)C6)C5)nc(OC[C@@]56CCCN5C[C@H](F)C6)nc4c3F)c12. The highest BCUT2D eigenvalue weighted by molar-refractivity contribution is 7.23. The second-order valence-electron chi connectivity index (χ2n) is 15.9. The van der Waals surface area contributed by atoms with Crippen molar-refractivity contribution in [3.05, 3.63) is 40.4 Å². The van der Waals surface area contributed by atoms with Crippen LogP contribution in [0.4, 0.5) is 37.6 Å². The summed E-state index contributed by atoms with van der Waals surface area (Å²) in [6.45, 7) is 2.35. The number of rotatable bonds is 5. The number of nitrogen functional groups attached to an aromatic ring is 1. The number of hydrogen-bond donors (Lipinski definition) is 1. The molecule has 0 bridgehead atoms. The van der Waals surface area contributed by atoms with Gasteiger partial charge in [0.05, 0.1) is 27.4 Å². The molecule has 2 amide bonds. The smallest absolute Gasteiger partial charge is 0.320 e. The molecule has 2 atom stereocenters. The fraction of sp³-hybridized carbons (Fsp3) is 0.526. The lowest BCUT2D eigenvalue weighted by Crippen LogP contribution is -2.64. The topological polar surface area (TPSA) is 115 Å². The van der Waals surface area contributed by atoms with Crippen molar-refractivity contribution in [1.82, 2.24) is 24.7 Å². The van der Waals surface area contributed by atoms with E-state index < -0.39 is 41.8 Å². The number of likely N-dealkylation sites (tertiary alicyclic amines) is 2. The number of carbonyl (C=O) groups is 1. The van der Waals surface area contributed by atoms with E-state index in [0.29, 0.717) is 50.3 Å². The number of alkyl halides is 3. The number of benzene rings is 2. The van der Waals surface area contributed by atoms with Crippen LogP contribution in [0, 0.1) is 28.4 Å². The van der Waals surface area contributed by atoms with Crippen molar-refractivity contribution in [3.63, 3.8) is 0 Å². The Labute approximate surface area is 322 Å². The van der Waals surface area contributed by atoms with Gasteiger partial charge in [-0.3, -0.25) is 4.90 Å². The Morgan fingerprint density at radius 1 is 1.05 bits per heavy atom. The van der Waals surface area contributed by atoms with Crippen molar-refractivity contribution in [2.45, 2.75) is 62.6 Å². The van der Waals surface area contributed by atoms with Gasteiger partial charge in [-0.05, 0) is 49.9 Å². The second kappa shape index (κ2) is 13.2. The fourth-order valence-corrected chi connectivity index (χ4v) is 10.9. The quantitative estimate of drug-likeness (QED) is 0.205. The van der Waals surface area contributed by atoms with Gasteiger partial charge < -0.3 is 25.2 Å². The van der Waals surface area contributed by atoms with Gasteiger partial charge in [-0.25, -0.2) is 26.7 Å². The predicted octanol–water partition coefficient (Wildman–Crippen LogP) is 7.61. The van der Waals surface area contributed by atoms with Gasteiger partial charge in [0.25, 0.3) is 5.92 Å². The Morgan fingerprint density at radius 2 is 1.87 bits per heavy atom. The molecule has 7 heterocycles. The lowest BCUT2D eigenvalue weighted by atomic mass is 9.76. The molecule has 290 valence electrons. The molecule has 55 heavy (non-hydrogen) atoms. The third-order valence-electron chi connectivity index (χ3n) is 12.2. The first-order chi connectivity index (χ1) is 26.3. The average molecular weight is 801 g/mol. The Morgan fingerprint density at radius 3 is 2.64 bits per heavy atom. The third-order valence-corrected chi connectivity index (χ3v) is 13.6. The van der Waals surface area contributed by atoms with Crippen molar-refractivity contribution in [2.75, 3.05) is 69.6 Å². The molecule has 2 N–H and O–H groups in total. The maximum absolute atomic E-state index is 17.3. The molecule has 5 aliphatic heterocycles. The molecule has 0 unspecified atom stereocenters. The van der Waals surface area contributed by atoms with Crippen LogP contribution in [0.3, 0.4) is 0 Å². The molecular weight excluding hydrogens is 763 g/mol. The summed E-state index contributed by atoms with van der Waals surface area (Å²) in [6, 6.07) is 5.64. The zero-order valence-corrected chi connectivity index (χ0v) is 31.4. The van der Waals surface area contributed by atoms with Crippen LogP contribution < -0.4 is 15.4 Å². The minimum absolute atomic E-state index is 0.0115. The van der Waals surface area contributed by atoms with Crippen LogP contribution in [0.2, 0.25) is 5.02 Å². The number of nitrogens with two attached hydrogens (primary N) is 1. The lowest BCUT2D eigenvalue weighted by molar-refractivity contribution is -0.0000446. The molecule has 10 nitrogen and oxygen atoms in total. The summed E-state index contributed by atoms with van der Waals surface area (Å²) in [4.78, 5) is 29.6. The predicted molar refractivity (Wildman–Crippen MR) is 200 cm³/mol. The number of carbonyl (C=O) groups excluding carboxylic acids is 1. The first kappa shape index (κ1) is 36.4. The highest BCUT2D eigenvalue weighted by Crippen LogP contribution is 2.48. The third kappa shape index (κ3) is 6.08. The molecule has 9 rings (SSSR count). The highest BCUT2D eigenvalue weighted by atomic mass is 35.5. The average Bonchev–Trinajstić information content (AvgIpc) is 3.83. The van der Waals surface area contributed by atoms with Gasteiger partial charge in [-0.2, -0.15) is 15.2 Å². The molecule has 0 radical (unpaired) electrons. The summed E-state index contributed by atoms with van der Waals surface area (Å²) in [7, 11) is 0. The number of aromatic nitrogens is 2. The number of amides is 2. The molecule has 17 heteroatoms. The molecule has 2 aromatic heterocycles. The van der Waals surface area contributed by atoms with E-state index in [1.807, 2.05) is 11.0 Å². The van der Waals surface area contributed by atoms with E-state index >= 15 is 8.78 Å². The Hall–Kier alpha value is -4.20. The van der Waals surface area contributed by atoms with E-state index in [2.05, 4.69) is 9.88 Å². The second-order valence-corrected chi connectivity index (χ2v) is 17.4. The molecule has 4 aromatic rings. The molecule has 5 fully saturated rings. The van der Waals surface area contributed by atoms with Crippen molar-refractivity contribution in [1.29, 1.82) is 5.26 Å². The van der Waals surface area contributed by atoms with Gasteiger partial charge in [-0.1, -0.05) is 24.1 Å². The summed E-state index contributed by atoms with van der Waals surface area (Å²) < 4.78 is 81.2. The maximum atomic E-state index is 17.3. The lowest BCUT2D eigenvalue weighted by Gasteiger charge is -2.52. The Kier molecular flexibility index (Phi) is 8.74. The van der Waals surface area contributed by atoms with Gasteiger partial charge in [0.15, 0.2) is 5.82 Å². The number of halogens is 6. The number of nitriles is 1. The van der Waals surface area contributed by atoms with Crippen LogP contribution in [0.25, 0.3) is 32.1 Å². The molecule has 5 saturated heterocycles. The van der Waals surface area contributed by atoms with Crippen LogP contribution in [-0.2, 0) is 0 Å². The molecule has 0 saturated carbocycles. The molecule has 2 aromatic carbocycles. The largest absolute Gasteiger partial charge is 0.461 e. The maximum Gasteiger partial charge on any atom is 0.320 e. The van der Waals surface area contributed by atoms with Gasteiger partial charge in [0.2, 0.25) is 0 Å². The van der Waals surface area contributed by atoms with Crippen LogP contribution >= 0.6 is 22.9 Å². The number of urea groups is 1. The minimum Gasteiger partial charge on any atom is -0.461 e. The van der Waals surface area contributed by atoms with Crippen molar-refractivity contribution >= 4 is 60.8 Å². The summed E-state index contributed by atoms with van der Waals surface area (Å²) in [6.07, 6.45) is 3.03. The van der Waals surface area contributed by atoms with Crippen molar-refractivity contribution in [2.24, 2.45) is 5.41 Å². The van der Waals surface area contributed by atoms with Crippen LogP contribution in [0.15, 0.2) is 18.2 Å². The summed E-state index contributed by atoms with van der Waals surface area (Å²) in [5.41, 5.74) is 5.21. The summed E-state index contributed by atoms with van der Waals surface area (Å²) in [5, 5.41) is 10.5. The zero-order chi connectivity index (χ0) is 38.4. The highest BCUT2D eigenvalue weighted by Gasteiger charge is 2.51. The van der Waals surface area contributed by atoms with Crippen LogP contribution in [0.5, 0.6) is 6.01 Å². The van der Waals surface area contributed by atoms with Gasteiger partial charge in [0, 0.05) is 73.9 Å². The minimum atomic E-state index is -2.89. The van der Waals surface area contributed by atoms with E-state index in [0.717, 1.165) is 50.0 Å². The van der Waals surface area contributed by atoms with E-state index in [-0.39, 0.29) is 73.3 Å². The van der Waals surface area contributed by atoms with E-state index in [1.54, 1.807) is 11.0 Å². The van der Waals surface area contributed by atoms with Crippen LogP contribution in [0.1, 0.15) is 50.5 Å². The zero-order valence-electron chi connectivity index (χ0n) is 29.8. The van der Waals surface area contributed by atoms with E-state index in [4.69, 9.17) is 27.1 Å². The standard InChI is InChI=1S/C38H38ClF5N8O2S/c39-25-12-23-30(29(42)28(25)22-4-5-26(41)31-27(22)24(14-45)32(46)55-31)47-34(54-20-37-7-3-10-52(37)15-21(40)13-37)48-33(23)49-9-2-1-6-36(16-49)17-51(18-36)35(53)50-11-8-38(43,44)19-50/h4-5,12,21H,1-3,6-11,13,15-20,46H2/t21-,37+/m1/s1. The van der Waals surface area contributed by atoms with Crippen LogP contribution in [-0.4, -0.2) is 107 Å². The number of anilines is 2. The Bertz CT molecular complexity index is 2280. The molecule has 0 aliphatic carbocycles. The molecule has 1 spiro atoms. The first-order valence-electron chi connectivity index (χ1n) is 18.6. The van der Waals surface area contributed by atoms with E-state index in [9.17, 15) is 23.2 Å². The van der Waals surface area contributed by atoms with Gasteiger partial charge in [0.1, 0.15) is 41.0 Å². The van der Waals surface area contributed by atoms with Crippen molar-refractivity contribution < 1.29 is 31.5 Å². The Balaban J connectivity index is 1.12. The molecular formula is C38H38ClF5N8O2S. The summed E-state index contributed by atoms with van der Waals surface area (Å²) >= 11 is 7.82. The first-order valence-corrected chi connectivity index (χ1v) is 19.8. The number of ether oxygens (including phenoxy) is 1. The number of fused-ring (bicyclic) bond motifs is 3. The normalized spacial score (nSPS) is 24.7. The van der Waals surface area contributed by atoms with Gasteiger partial charge >= 0.3 is 12.0 Å². The fourth-order valence-electron chi connectivity index (χ4n) is 9.67. The number of hydrogen-bond acceptors (Lipinski definition) is 9. The monoisotopic (exact) mass is 800 g/mol.